The molecule has 0 saturated heterocycles. The van der Waals surface area contributed by atoms with Crippen LogP contribution in [-0.4, -0.2) is 30.4 Å². The van der Waals surface area contributed by atoms with Gasteiger partial charge in [-0.05, 0) is 26.0 Å². The first-order valence-electron chi connectivity index (χ1n) is 6.65. The molecular formula is C15H16N4O2. The molecule has 3 rings (SSSR count). The summed E-state index contributed by atoms with van der Waals surface area (Å²) in [4.78, 5) is 15.5. The Kier molecular flexibility index (Phi) is 3.01. The maximum Gasteiger partial charge on any atom is 0.337 e. The van der Waals surface area contributed by atoms with Crippen LogP contribution < -0.4 is 0 Å². The minimum atomic E-state index is -0.959. The molecule has 6 nitrogen and oxygen atoms in total. The fourth-order valence-electron chi connectivity index (χ4n) is 2.60. The standard InChI is InChI=1S/C15H16N4O2/c1-9-12(10(2)18(3)17-9)7-19-8-16-14-11(15(20)21)5-4-6-13(14)19/h4-6,8H,7H2,1-3H3,(H,20,21). The van der Waals surface area contributed by atoms with E-state index < -0.39 is 5.97 Å². The van der Waals surface area contributed by atoms with Crippen LogP contribution in [0, 0.1) is 13.8 Å². The van der Waals surface area contributed by atoms with Gasteiger partial charge in [0, 0.05) is 18.3 Å². The molecule has 0 atom stereocenters. The molecule has 0 aliphatic heterocycles. The molecule has 0 bridgehead atoms. The van der Waals surface area contributed by atoms with Crippen LogP contribution in [0.15, 0.2) is 24.5 Å². The summed E-state index contributed by atoms with van der Waals surface area (Å²) in [6.45, 7) is 4.63. The van der Waals surface area contributed by atoms with E-state index in [0.29, 0.717) is 12.1 Å². The minimum Gasteiger partial charge on any atom is -0.478 e. The molecule has 2 aromatic heterocycles. The molecule has 0 aliphatic rings. The lowest BCUT2D eigenvalue weighted by Crippen LogP contribution is -2.02. The topological polar surface area (TPSA) is 72.9 Å². The smallest absolute Gasteiger partial charge is 0.337 e. The summed E-state index contributed by atoms with van der Waals surface area (Å²) in [6, 6.07) is 5.20. The number of aromatic carboxylic acids is 1. The zero-order valence-corrected chi connectivity index (χ0v) is 12.2. The first-order chi connectivity index (χ1) is 9.99. The van der Waals surface area contributed by atoms with Gasteiger partial charge in [-0.3, -0.25) is 4.68 Å². The van der Waals surface area contributed by atoms with Crippen LogP contribution in [-0.2, 0) is 13.6 Å². The lowest BCUT2D eigenvalue weighted by molar-refractivity contribution is 0.0699. The molecule has 0 unspecified atom stereocenters. The Morgan fingerprint density at radius 1 is 1.33 bits per heavy atom. The third-order valence-electron chi connectivity index (χ3n) is 3.87. The predicted molar refractivity (Wildman–Crippen MR) is 78.5 cm³/mol. The summed E-state index contributed by atoms with van der Waals surface area (Å²) >= 11 is 0. The van der Waals surface area contributed by atoms with Crippen LogP contribution in [0.1, 0.15) is 27.3 Å². The van der Waals surface area contributed by atoms with Crippen molar-refractivity contribution in [1.29, 1.82) is 0 Å². The molecular weight excluding hydrogens is 268 g/mol. The SMILES string of the molecule is Cc1nn(C)c(C)c1Cn1cnc2c(C(=O)O)cccc21. The number of aryl methyl sites for hydroxylation is 2. The van der Waals surface area contributed by atoms with Crippen LogP contribution in [0.3, 0.4) is 0 Å². The van der Waals surface area contributed by atoms with E-state index in [4.69, 9.17) is 0 Å². The first-order valence-corrected chi connectivity index (χ1v) is 6.65. The van der Waals surface area contributed by atoms with Gasteiger partial charge in [-0.2, -0.15) is 5.10 Å². The molecule has 1 N–H and O–H groups in total. The molecule has 3 aromatic rings. The maximum absolute atomic E-state index is 11.2. The molecule has 0 aliphatic carbocycles. The zero-order valence-electron chi connectivity index (χ0n) is 12.2. The van der Waals surface area contributed by atoms with E-state index in [2.05, 4.69) is 10.1 Å². The molecule has 108 valence electrons. The molecule has 2 heterocycles. The van der Waals surface area contributed by atoms with Crippen molar-refractivity contribution in [2.45, 2.75) is 20.4 Å². The van der Waals surface area contributed by atoms with Gasteiger partial charge in [-0.1, -0.05) is 6.07 Å². The first kappa shape index (κ1) is 13.4. The van der Waals surface area contributed by atoms with Crippen LogP contribution in [0.25, 0.3) is 11.0 Å². The molecule has 1 aromatic carbocycles. The molecule has 21 heavy (non-hydrogen) atoms. The number of hydrogen-bond acceptors (Lipinski definition) is 3. The van der Waals surface area contributed by atoms with Gasteiger partial charge in [-0.15, -0.1) is 0 Å². The highest BCUT2D eigenvalue weighted by molar-refractivity contribution is 6.00. The number of hydrogen-bond donors (Lipinski definition) is 1. The van der Waals surface area contributed by atoms with Crippen LogP contribution in [0.4, 0.5) is 0 Å². The van der Waals surface area contributed by atoms with Crippen LogP contribution in [0.5, 0.6) is 0 Å². The Labute approximate surface area is 121 Å². The number of carboxylic acid groups (broad SMARTS) is 1. The molecule has 0 saturated carbocycles. The summed E-state index contributed by atoms with van der Waals surface area (Å²) < 4.78 is 3.81. The Balaban J connectivity index is 2.10. The normalized spacial score (nSPS) is 11.2. The lowest BCUT2D eigenvalue weighted by Gasteiger charge is -2.05. The monoisotopic (exact) mass is 284 g/mol. The number of rotatable bonds is 3. The summed E-state index contributed by atoms with van der Waals surface area (Å²) in [5.41, 5.74) is 4.78. The van der Waals surface area contributed by atoms with Crippen molar-refractivity contribution in [2.24, 2.45) is 7.05 Å². The van der Waals surface area contributed by atoms with Crippen molar-refractivity contribution in [3.8, 4) is 0 Å². The fourth-order valence-corrected chi connectivity index (χ4v) is 2.60. The summed E-state index contributed by atoms with van der Waals surface area (Å²) in [7, 11) is 1.92. The van der Waals surface area contributed by atoms with Crippen molar-refractivity contribution in [3.63, 3.8) is 0 Å². The number of carboxylic acids is 1. The fraction of sp³-hybridized carbons (Fsp3) is 0.267. The molecule has 0 fully saturated rings. The summed E-state index contributed by atoms with van der Waals surface area (Å²) in [5.74, 6) is -0.959. The minimum absolute atomic E-state index is 0.228. The highest BCUT2D eigenvalue weighted by Gasteiger charge is 2.15. The van der Waals surface area contributed by atoms with Gasteiger partial charge in [0.15, 0.2) is 0 Å². The summed E-state index contributed by atoms with van der Waals surface area (Å²) in [5, 5.41) is 13.6. The van der Waals surface area contributed by atoms with E-state index in [1.54, 1.807) is 18.5 Å². The van der Waals surface area contributed by atoms with E-state index in [0.717, 1.165) is 22.5 Å². The quantitative estimate of drug-likeness (QED) is 0.799. The largest absolute Gasteiger partial charge is 0.478 e. The second-order valence-corrected chi connectivity index (χ2v) is 5.12. The van der Waals surface area contributed by atoms with Gasteiger partial charge in [0.05, 0.1) is 29.6 Å². The van der Waals surface area contributed by atoms with Gasteiger partial charge in [0.25, 0.3) is 0 Å². The Bertz CT molecular complexity index is 845. The molecule has 6 heteroatoms. The van der Waals surface area contributed by atoms with E-state index >= 15 is 0 Å². The van der Waals surface area contributed by atoms with Crippen molar-refractivity contribution in [3.05, 3.63) is 47.0 Å². The Hall–Kier alpha value is -2.63. The number of nitrogens with zero attached hydrogens (tertiary/aromatic N) is 4. The van der Waals surface area contributed by atoms with Gasteiger partial charge in [0.1, 0.15) is 5.52 Å². The maximum atomic E-state index is 11.2. The lowest BCUT2D eigenvalue weighted by atomic mass is 10.1. The van der Waals surface area contributed by atoms with Crippen molar-refractivity contribution in [1.82, 2.24) is 19.3 Å². The van der Waals surface area contributed by atoms with E-state index in [1.807, 2.05) is 36.2 Å². The number of aromatic nitrogens is 4. The van der Waals surface area contributed by atoms with Crippen molar-refractivity contribution >= 4 is 17.0 Å². The highest BCUT2D eigenvalue weighted by Crippen LogP contribution is 2.20. The molecule has 0 radical (unpaired) electrons. The van der Waals surface area contributed by atoms with Crippen molar-refractivity contribution in [2.75, 3.05) is 0 Å². The van der Waals surface area contributed by atoms with Gasteiger partial charge >= 0.3 is 5.97 Å². The average Bonchev–Trinajstić information content (AvgIpc) is 2.95. The number of carbonyl (C=O) groups is 1. The zero-order chi connectivity index (χ0) is 15.1. The second kappa shape index (κ2) is 4.73. The van der Waals surface area contributed by atoms with E-state index in [-0.39, 0.29) is 5.56 Å². The Morgan fingerprint density at radius 2 is 2.10 bits per heavy atom. The van der Waals surface area contributed by atoms with Gasteiger partial charge in [-0.25, -0.2) is 9.78 Å². The van der Waals surface area contributed by atoms with Crippen LogP contribution >= 0.6 is 0 Å². The second-order valence-electron chi connectivity index (χ2n) is 5.12. The van der Waals surface area contributed by atoms with Crippen molar-refractivity contribution < 1.29 is 9.90 Å². The summed E-state index contributed by atoms with van der Waals surface area (Å²) in [6.07, 6.45) is 1.68. The number of fused-ring (bicyclic) bond motifs is 1. The van der Waals surface area contributed by atoms with E-state index in [1.165, 1.54) is 0 Å². The van der Waals surface area contributed by atoms with E-state index in [9.17, 15) is 9.90 Å². The van der Waals surface area contributed by atoms with Crippen LogP contribution in [0.2, 0.25) is 0 Å². The van der Waals surface area contributed by atoms with Gasteiger partial charge < -0.3 is 9.67 Å². The van der Waals surface area contributed by atoms with Gasteiger partial charge in [0.2, 0.25) is 0 Å². The molecule has 0 spiro atoms. The molecule has 0 amide bonds. The number of benzene rings is 1. The highest BCUT2D eigenvalue weighted by atomic mass is 16.4. The number of imidazole rings is 1. The third-order valence-corrected chi connectivity index (χ3v) is 3.87. The third kappa shape index (κ3) is 2.08. The average molecular weight is 284 g/mol. The number of para-hydroxylation sites is 1. The predicted octanol–water partition coefficient (Wildman–Crippen LogP) is 2.13. The Morgan fingerprint density at radius 3 is 2.71 bits per heavy atom.